The second-order valence-electron chi connectivity index (χ2n) is 5.64. The van der Waals surface area contributed by atoms with Gasteiger partial charge >= 0.3 is 0 Å². The van der Waals surface area contributed by atoms with Crippen molar-refractivity contribution in [3.05, 3.63) is 0 Å². The molecule has 1 rings (SSSR count). The van der Waals surface area contributed by atoms with Crippen molar-refractivity contribution < 1.29 is 0 Å². The predicted octanol–water partition coefficient (Wildman–Crippen LogP) is 3.45. The highest BCUT2D eigenvalue weighted by Crippen LogP contribution is 2.48. The lowest BCUT2D eigenvalue weighted by Crippen LogP contribution is -2.34. The molecule has 1 fully saturated rings. The molecule has 1 aliphatic rings. The molecule has 0 amide bonds. The highest BCUT2D eigenvalue weighted by atomic mass is 14.9. The lowest BCUT2D eigenvalue weighted by Gasteiger charge is -2.31. The van der Waals surface area contributed by atoms with E-state index < -0.39 is 0 Å². The van der Waals surface area contributed by atoms with Gasteiger partial charge in [0.15, 0.2) is 0 Å². The van der Waals surface area contributed by atoms with E-state index in [2.05, 4.69) is 33.0 Å². The molecule has 84 valence electrons. The molecule has 0 heterocycles. The van der Waals surface area contributed by atoms with Crippen LogP contribution in [-0.2, 0) is 0 Å². The Hall–Kier alpha value is -0.0400. The molecule has 1 N–H and O–H groups in total. The Balaban J connectivity index is 2.35. The first-order valence-electron chi connectivity index (χ1n) is 6.29. The van der Waals surface area contributed by atoms with Gasteiger partial charge in [0.05, 0.1) is 0 Å². The number of hydrogen-bond donors (Lipinski definition) is 1. The maximum atomic E-state index is 3.53. The van der Waals surface area contributed by atoms with E-state index in [-0.39, 0.29) is 0 Å². The van der Waals surface area contributed by atoms with Crippen molar-refractivity contribution in [2.24, 2.45) is 17.3 Å². The van der Waals surface area contributed by atoms with Gasteiger partial charge in [-0.05, 0) is 43.1 Å². The second-order valence-corrected chi connectivity index (χ2v) is 5.64. The number of hydrogen-bond acceptors (Lipinski definition) is 1. The quantitative estimate of drug-likeness (QED) is 0.659. The highest BCUT2D eigenvalue weighted by Gasteiger charge is 2.40. The van der Waals surface area contributed by atoms with Gasteiger partial charge in [-0.25, -0.2) is 0 Å². The standard InChI is InChI=1S/C13H27N/c1-5-14-10-13(4,12-6-7-12)9-8-11(2)3/h11-12,14H,5-10H2,1-4H3. The average Bonchev–Trinajstić information content (AvgIpc) is 2.94. The van der Waals surface area contributed by atoms with E-state index in [0.717, 1.165) is 18.4 Å². The van der Waals surface area contributed by atoms with Gasteiger partial charge in [-0.2, -0.15) is 0 Å². The van der Waals surface area contributed by atoms with Gasteiger partial charge in [-0.15, -0.1) is 0 Å². The number of nitrogens with one attached hydrogen (secondary N) is 1. The predicted molar refractivity (Wildman–Crippen MR) is 63.4 cm³/mol. The van der Waals surface area contributed by atoms with Crippen molar-refractivity contribution in [2.45, 2.75) is 53.4 Å². The van der Waals surface area contributed by atoms with E-state index in [1.807, 2.05) is 0 Å². The fourth-order valence-electron chi connectivity index (χ4n) is 2.25. The minimum absolute atomic E-state index is 0.584. The molecule has 0 aromatic heterocycles. The van der Waals surface area contributed by atoms with Crippen LogP contribution in [0.25, 0.3) is 0 Å². The third kappa shape index (κ3) is 3.61. The maximum Gasteiger partial charge on any atom is 0.000770 e. The van der Waals surface area contributed by atoms with Crippen molar-refractivity contribution in [1.82, 2.24) is 5.32 Å². The van der Waals surface area contributed by atoms with Gasteiger partial charge in [0.1, 0.15) is 0 Å². The summed E-state index contributed by atoms with van der Waals surface area (Å²) in [5.74, 6) is 1.87. The van der Waals surface area contributed by atoms with Gasteiger partial charge in [-0.1, -0.05) is 34.1 Å². The lowest BCUT2D eigenvalue weighted by atomic mass is 9.78. The van der Waals surface area contributed by atoms with Crippen LogP contribution in [0.15, 0.2) is 0 Å². The summed E-state index contributed by atoms with van der Waals surface area (Å²) in [5.41, 5.74) is 0.584. The molecule has 1 unspecified atom stereocenters. The fraction of sp³-hybridized carbons (Fsp3) is 1.00. The molecule has 0 aliphatic heterocycles. The molecule has 0 radical (unpaired) electrons. The number of rotatable bonds is 7. The van der Waals surface area contributed by atoms with Crippen LogP contribution in [0.1, 0.15) is 53.4 Å². The molecule has 0 bridgehead atoms. The van der Waals surface area contributed by atoms with Gasteiger partial charge in [-0.3, -0.25) is 0 Å². The molecule has 14 heavy (non-hydrogen) atoms. The van der Waals surface area contributed by atoms with Gasteiger partial charge in [0, 0.05) is 6.54 Å². The molecule has 1 aliphatic carbocycles. The van der Waals surface area contributed by atoms with Crippen molar-refractivity contribution in [3.8, 4) is 0 Å². The smallest absolute Gasteiger partial charge is 0.000770 e. The summed E-state index contributed by atoms with van der Waals surface area (Å²) in [6.07, 6.45) is 5.74. The van der Waals surface area contributed by atoms with E-state index in [0.29, 0.717) is 5.41 Å². The first kappa shape index (κ1) is 12.0. The van der Waals surface area contributed by atoms with Gasteiger partial charge in [0.25, 0.3) is 0 Å². The Bertz CT molecular complexity index is 161. The summed E-state index contributed by atoms with van der Waals surface area (Å²) in [7, 11) is 0. The Labute approximate surface area is 89.7 Å². The van der Waals surface area contributed by atoms with Crippen LogP contribution in [0.2, 0.25) is 0 Å². The molecule has 1 atom stereocenters. The average molecular weight is 197 g/mol. The molecule has 0 saturated heterocycles. The lowest BCUT2D eigenvalue weighted by molar-refractivity contribution is 0.221. The zero-order valence-electron chi connectivity index (χ0n) is 10.4. The molecule has 1 heteroatoms. The molecule has 1 saturated carbocycles. The van der Waals surface area contributed by atoms with E-state index in [4.69, 9.17) is 0 Å². The summed E-state index contributed by atoms with van der Waals surface area (Å²) in [6.45, 7) is 11.7. The largest absolute Gasteiger partial charge is 0.316 e. The third-order valence-electron chi connectivity index (χ3n) is 3.63. The van der Waals surface area contributed by atoms with E-state index >= 15 is 0 Å². The Morgan fingerprint density at radius 3 is 2.43 bits per heavy atom. The minimum atomic E-state index is 0.584. The second kappa shape index (κ2) is 5.16. The summed E-state index contributed by atoms with van der Waals surface area (Å²) < 4.78 is 0. The third-order valence-corrected chi connectivity index (χ3v) is 3.63. The summed E-state index contributed by atoms with van der Waals surface area (Å²) in [4.78, 5) is 0. The minimum Gasteiger partial charge on any atom is -0.316 e. The van der Waals surface area contributed by atoms with Crippen molar-refractivity contribution in [3.63, 3.8) is 0 Å². The van der Waals surface area contributed by atoms with Crippen LogP contribution in [-0.4, -0.2) is 13.1 Å². The van der Waals surface area contributed by atoms with E-state index in [1.54, 1.807) is 0 Å². The van der Waals surface area contributed by atoms with Crippen molar-refractivity contribution in [2.75, 3.05) is 13.1 Å². The molecule has 0 aromatic carbocycles. The highest BCUT2D eigenvalue weighted by molar-refractivity contribution is 4.92. The zero-order chi connectivity index (χ0) is 10.6. The Kier molecular flexibility index (Phi) is 4.43. The molecule has 1 nitrogen and oxygen atoms in total. The monoisotopic (exact) mass is 197 g/mol. The van der Waals surface area contributed by atoms with Gasteiger partial charge in [0.2, 0.25) is 0 Å². The normalized spacial score (nSPS) is 21.2. The zero-order valence-corrected chi connectivity index (χ0v) is 10.4. The Morgan fingerprint density at radius 1 is 1.36 bits per heavy atom. The summed E-state index contributed by atoms with van der Waals surface area (Å²) in [5, 5.41) is 3.53. The summed E-state index contributed by atoms with van der Waals surface area (Å²) >= 11 is 0. The molecular formula is C13H27N. The molecular weight excluding hydrogens is 170 g/mol. The van der Waals surface area contributed by atoms with Crippen LogP contribution in [0, 0.1) is 17.3 Å². The molecule has 0 spiro atoms. The van der Waals surface area contributed by atoms with Crippen LogP contribution in [0.5, 0.6) is 0 Å². The first-order chi connectivity index (χ1) is 6.58. The van der Waals surface area contributed by atoms with E-state index in [1.165, 1.54) is 32.2 Å². The van der Waals surface area contributed by atoms with Crippen LogP contribution in [0.4, 0.5) is 0 Å². The van der Waals surface area contributed by atoms with Gasteiger partial charge < -0.3 is 5.32 Å². The molecule has 0 aromatic rings. The van der Waals surface area contributed by atoms with Crippen molar-refractivity contribution in [1.29, 1.82) is 0 Å². The SMILES string of the molecule is CCNCC(C)(CCC(C)C)C1CC1. The van der Waals surface area contributed by atoms with Crippen LogP contribution >= 0.6 is 0 Å². The fourth-order valence-corrected chi connectivity index (χ4v) is 2.25. The van der Waals surface area contributed by atoms with Crippen LogP contribution < -0.4 is 5.32 Å². The van der Waals surface area contributed by atoms with Crippen LogP contribution in [0.3, 0.4) is 0 Å². The first-order valence-corrected chi connectivity index (χ1v) is 6.29. The van der Waals surface area contributed by atoms with E-state index in [9.17, 15) is 0 Å². The topological polar surface area (TPSA) is 12.0 Å². The summed E-state index contributed by atoms with van der Waals surface area (Å²) in [6, 6.07) is 0. The maximum absolute atomic E-state index is 3.53. The van der Waals surface area contributed by atoms with Crippen molar-refractivity contribution >= 4 is 0 Å². The Morgan fingerprint density at radius 2 is 2.00 bits per heavy atom.